The lowest BCUT2D eigenvalue weighted by molar-refractivity contribution is 0.0629. The van der Waals surface area contributed by atoms with Crippen LogP contribution in [0.3, 0.4) is 0 Å². The van der Waals surface area contributed by atoms with Crippen molar-refractivity contribution in [2.24, 2.45) is 5.92 Å². The van der Waals surface area contributed by atoms with E-state index in [1.807, 2.05) is 6.92 Å². The normalized spacial score (nSPS) is 32.8. The summed E-state index contributed by atoms with van der Waals surface area (Å²) in [6.45, 7) is 2.61. The Morgan fingerprint density at radius 1 is 1.50 bits per heavy atom. The summed E-state index contributed by atoms with van der Waals surface area (Å²) in [6, 6.07) is 3.39. The molecule has 1 saturated heterocycles. The maximum Gasteiger partial charge on any atom is 0.250 e. The van der Waals surface area contributed by atoms with E-state index >= 15 is 0 Å². The topological polar surface area (TPSA) is 55.4 Å². The molecule has 0 unspecified atom stereocenters. The summed E-state index contributed by atoms with van der Waals surface area (Å²) in [7, 11) is -3.41. The summed E-state index contributed by atoms with van der Waals surface area (Å²) in [5.74, 6) is 0.531. The predicted molar refractivity (Wildman–Crippen MR) is 70.1 cm³/mol. The van der Waals surface area contributed by atoms with Gasteiger partial charge in [0.25, 0.3) is 10.0 Å². The quantitative estimate of drug-likeness (QED) is 0.921. The van der Waals surface area contributed by atoms with E-state index in [2.05, 4.69) is 4.72 Å². The second-order valence-corrected chi connectivity index (χ2v) is 8.19. The molecule has 6 heteroatoms. The lowest BCUT2D eigenvalue weighted by Gasteiger charge is -2.30. The van der Waals surface area contributed by atoms with Gasteiger partial charge < -0.3 is 4.74 Å². The highest BCUT2D eigenvalue weighted by Gasteiger charge is 2.50. The second-order valence-electron chi connectivity index (χ2n) is 5.33. The largest absolute Gasteiger partial charge is 0.376 e. The monoisotopic (exact) mass is 287 g/mol. The number of rotatable bonds is 4. The first-order valence-electron chi connectivity index (χ1n) is 6.20. The molecule has 0 radical (unpaired) electrons. The average molecular weight is 287 g/mol. The van der Waals surface area contributed by atoms with Crippen LogP contribution >= 0.6 is 11.3 Å². The van der Waals surface area contributed by atoms with E-state index in [1.54, 1.807) is 17.5 Å². The minimum absolute atomic E-state index is 0.0345. The highest BCUT2D eigenvalue weighted by molar-refractivity contribution is 7.91. The van der Waals surface area contributed by atoms with Crippen LogP contribution < -0.4 is 4.72 Å². The zero-order valence-electron chi connectivity index (χ0n) is 10.3. The fourth-order valence-electron chi connectivity index (χ4n) is 2.66. The molecule has 1 N–H and O–H groups in total. The van der Waals surface area contributed by atoms with Crippen LogP contribution in [-0.4, -0.2) is 26.7 Å². The molecule has 18 heavy (non-hydrogen) atoms. The number of hydrogen-bond donors (Lipinski definition) is 1. The van der Waals surface area contributed by atoms with Crippen LogP contribution in [-0.2, 0) is 14.8 Å². The van der Waals surface area contributed by atoms with Gasteiger partial charge in [0, 0.05) is 6.61 Å². The van der Waals surface area contributed by atoms with Crippen LogP contribution in [0, 0.1) is 5.92 Å². The van der Waals surface area contributed by atoms with Crippen LogP contribution in [0.25, 0.3) is 0 Å². The fraction of sp³-hybridized carbons (Fsp3) is 0.667. The van der Waals surface area contributed by atoms with Crippen LogP contribution in [0.4, 0.5) is 0 Å². The maximum absolute atomic E-state index is 12.3. The molecule has 1 aromatic rings. The molecule has 1 aliphatic carbocycles. The molecule has 4 nitrogen and oxygen atoms in total. The van der Waals surface area contributed by atoms with E-state index in [0.717, 1.165) is 19.3 Å². The van der Waals surface area contributed by atoms with Gasteiger partial charge in [-0.05, 0) is 43.6 Å². The third kappa shape index (κ3) is 2.22. The van der Waals surface area contributed by atoms with E-state index in [1.165, 1.54) is 11.3 Å². The summed E-state index contributed by atoms with van der Waals surface area (Å²) in [5.41, 5.74) is -0.454. The SMILES string of the molecule is C[C@@]1(NS(=O)(=O)c2cccs2)CCO[C@@H]1C1CC1. The van der Waals surface area contributed by atoms with Crippen molar-refractivity contribution in [1.82, 2.24) is 4.72 Å². The van der Waals surface area contributed by atoms with Gasteiger partial charge >= 0.3 is 0 Å². The Morgan fingerprint density at radius 2 is 2.28 bits per heavy atom. The van der Waals surface area contributed by atoms with Crippen molar-refractivity contribution in [2.75, 3.05) is 6.61 Å². The van der Waals surface area contributed by atoms with Gasteiger partial charge in [-0.15, -0.1) is 11.3 Å². The standard InChI is InChI=1S/C12H17NO3S2/c1-12(6-7-16-11(12)9-4-5-9)13-18(14,15)10-3-2-8-17-10/h2-3,8-9,11,13H,4-7H2,1H3/t11-,12-/m1/s1. The summed E-state index contributed by atoms with van der Waals surface area (Å²) >= 11 is 1.25. The molecule has 3 rings (SSSR count). The molecular formula is C12H17NO3S2. The Balaban J connectivity index is 1.83. The van der Waals surface area contributed by atoms with E-state index in [9.17, 15) is 8.42 Å². The van der Waals surface area contributed by atoms with Gasteiger partial charge in [0.1, 0.15) is 4.21 Å². The number of nitrogens with one attached hydrogen (secondary N) is 1. The molecular weight excluding hydrogens is 270 g/mol. The fourth-order valence-corrected chi connectivity index (χ4v) is 5.10. The lowest BCUT2D eigenvalue weighted by Crippen LogP contribution is -2.52. The van der Waals surface area contributed by atoms with Gasteiger partial charge in [0.15, 0.2) is 0 Å². The number of ether oxygens (including phenoxy) is 1. The van der Waals surface area contributed by atoms with Gasteiger partial charge in [-0.2, -0.15) is 0 Å². The smallest absolute Gasteiger partial charge is 0.250 e. The molecule has 2 fully saturated rings. The number of sulfonamides is 1. The summed E-state index contributed by atoms with van der Waals surface area (Å²) in [5, 5.41) is 1.78. The zero-order valence-corrected chi connectivity index (χ0v) is 11.9. The van der Waals surface area contributed by atoms with Gasteiger partial charge in [0.2, 0.25) is 0 Å². The highest BCUT2D eigenvalue weighted by atomic mass is 32.2. The lowest BCUT2D eigenvalue weighted by atomic mass is 9.92. The Bertz CT molecular complexity index is 522. The Kier molecular flexibility index (Phi) is 3.01. The molecule has 0 amide bonds. The molecule has 1 aliphatic heterocycles. The van der Waals surface area contributed by atoms with Gasteiger partial charge in [0.05, 0.1) is 11.6 Å². The van der Waals surface area contributed by atoms with Crippen molar-refractivity contribution >= 4 is 21.4 Å². The molecule has 2 aliphatic rings. The van der Waals surface area contributed by atoms with E-state index in [0.29, 0.717) is 16.7 Å². The summed E-state index contributed by atoms with van der Waals surface area (Å²) in [4.78, 5) is 0. The minimum atomic E-state index is -3.41. The molecule has 1 saturated carbocycles. The second kappa shape index (κ2) is 4.30. The van der Waals surface area contributed by atoms with Gasteiger partial charge in [-0.3, -0.25) is 0 Å². The first kappa shape index (κ1) is 12.6. The molecule has 0 spiro atoms. The highest BCUT2D eigenvalue weighted by Crippen LogP contribution is 2.43. The van der Waals surface area contributed by atoms with Crippen LogP contribution in [0.1, 0.15) is 26.2 Å². The summed E-state index contributed by atoms with van der Waals surface area (Å²) < 4.78 is 33.5. The van der Waals surface area contributed by atoms with Crippen LogP contribution in [0.5, 0.6) is 0 Å². The Morgan fingerprint density at radius 3 is 2.89 bits per heavy atom. The Labute approximate surface area is 111 Å². The van der Waals surface area contributed by atoms with Crippen molar-refractivity contribution in [3.8, 4) is 0 Å². The average Bonchev–Trinajstić information content (AvgIpc) is 2.83. The van der Waals surface area contributed by atoms with E-state index in [-0.39, 0.29) is 6.10 Å². The molecule has 0 bridgehead atoms. The molecule has 100 valence electrons. The third-order valence-electron chi connectivity index (χ3n) is 3.72. The van der Waals surface area contributed by atoms with Crippen molar-refractivity contribution in [3.05, 3.63) is 17.5 Å². The van der Waals surface area contributed by atoms with Crippen LogP contribution in [0.15, 0.2) is 21.7 Å². The van der Waals surface area contributed by atoms with E-state index in [4.69, 9.17) is 4.74 Å². The van der Waals surface area contributed by atoms with Gasteiger partial charge in [-0.25, -0.2) is 13.1 Å². The first-order chi connectivity index (χ1) is 8.51. The summed E-state index contributed by atoms with van der Waals surface area (Å²) in [6.07, 6.45) is 3.09. The predicted octanol–water partition coefficient (Wildman–Crippen LogP) is 1.98. The molecule has 1 aromatic heterocycles. The zero-order chi connectivity index (χ0) is 12.8. The molecule has 0 aromatic carbocycles. The molecule has 2 atom stereocenters. The third-order valence-corrected chi connectivity index (χ3v) is 6.73. The van der Waals surface area contributed by atoms with Crippen LogP contribution in [0.2, 0.25) is 0 Å². The number of thiophene rings is 1. The first-order valence-corrected chi connectivity index (χ1v) is 8.57. The van der Waals surface area contributed by atoms with Crippen molar-refractivity contribution in [2.45, 2.75) is 42.0 Å². The maximum atomic E-state index is 12.3. The Hall–Kier alpha value is -0.430. The van der Waals surface area contributed by atoms with Crippen molar-refractivity contribution in [3.63, 3.8) is 0 Å². The number of hydrogen-bond acceptors (Lipinski definition) is 4. The van der Waals surface area contributed by atoms with E-state index < -0.39 is 15.6 Å². The van der Waals surface area contributed by atoms with Crippen molar-refractivity contribution < 1.29 is 13.2 Å². The molecule has 2 heterocycles. The minimum Gasteiger partial charge on any atom is -0.376 e. The van der Waals surface area contributed by atoms with Gasteiger partial charge in [-0.1, -0.05) is 6.07 Å². The van der Waals surface area contributed by atoms with Crippen molar-refractivity contribution in [1.29, 1.82) is 0 Å².